The fraction of sp³-hybridized carbons (Fsp3) is 0.611. The fourth-order valence-corrected chi connectivity index (χ4v) is 3.29. The molecule has 0 spiro atoms. The third-order valence-electron chi connectivity index (χ3n) is 4.88. The maximum atomic E-state index is 12.8. The summed E-state index contributed by atoms with van der Waals surface area (Å²) in [7, 11) is 0. The van der Waals surface area contributed by atoms with Gasteiger partial charge in [-0.3, -0.25) is 28.8 Å². The number of nitrogens with one attached hydrogen (secondary N) is 2. The van der Waals surface area contributed by atoms with Crippen molar-refractivity contribution in [2.75, 3.05) is 6.54 Å². The molecule has 0 bridgehead atoms. The molecule has 0 aromatic carbocycles. The van der Waals surface area contributed by atoms with Crippen molar-refractivity contribution in [1.29, 1.82) is 0 Å². The average Bonchev–Trinajstić information content (AvgIpc) is 3.18. The molecule has 10 N–H and O–H groups in total. The number of carboxylic acid groups (broad SMARTS) is 2. The molecule has 1 saturated heterocycles. The predicted molar refractivity (Wildman–Crippen MR) is 109 cm³/mol. The van der Waals surface area contributed by atoms with Crippen LogP contribution in [-0.2, 0) is 33.6 Å². The molecule has 0 saturated carbocycles. The zero-order chi connectivity index (χ0) is 25.3. The largest absolute Gasteiger partial charge is 0.481 e. The first-order valence-corrected chi connectivity index (χ1v) is 10.0. The minimum Gasteiger partial charge on any atom is -0.481 e. The predicted octanol–water partition coefficient (Wildman–Crippen LogP) is -4.03. The van der Waals surface area contributed by atoms with Crippen LogP contribution in [0.15, 0.2) is 0 Å². The molecule has 1 rings (SSSR count). The van der Waals surface area contributed by atoms with Crippen molar-refractivity contribution in [2.45, 2.75) is 62.7 Å². The lowest BCUT2D eigenvalue weighted by molar-refractivity contribution is -0.145. The Morgan fingerprint density at radius 2 is 1.58 bits per heavy atom. The third-order valence-corrected chi connectivity index (χ3v) is 4.88. The molecule has 1 aliphatic rings. The number of nitrogens with zero attached hydrogens (tertiary/aromatic N) is 1. The van der Waals surface area contributed by atoms with E-state index in [0.717, 1.165) is 4.90 Å². The standard InChI is InChI=1S/C18H28N6O9/c19-8(6-14(27)28)17(31)24-5-1-2-11(24)16(30)22-9(3-4-12(20)25)15(29)23-10(18(32)33)7-13(21)26/h8-11H,1-7,19H2,(H2,20,25)(H2,21,26)(H,22,30)(H,23,29)(H,27,28)(H,32,33). The molecule has 0 radical (unpaired) electrons. The second-order valence-electron chi connectivity index (χ2n) is 7.53. The van der Waals surface area contributed by atoms with E-state index in [0.29, 0.717) is 6.42 Å². The summed E-state index contributed by atoms with van der Waals surface area (Å²) in [6, 6.07) is -5.50. The average molecular weight is 472 g/mol. The van der Waals surface area contributed by atoms with Gasteiger partial charge in [0.1, 0.15) is 18.1 Å². The molecule has 1 aliphatic heterocycles. The summed E-state index contributed by atoms with van der Waals surface area (Å²) < 4.78 is 0. The molecule has 15 heteroatoms. The summed E-state index contributed by atoms with van der Waals surface area (Å²) in [6.45, 7) is 0.141. The van der Waals surface area contributed by atoms with Gasteiger partial charge in [-0.15, -0.1) is 0 Å². The maximum Gasteiger partial charge on any atom is 0.326 e. The van der Waals surface area contributed by atoms with Crippen LogP contribution < -0.4 is 27.8 Å². The van der Waals surface area contributed by atoms with Gasteiger partial charge < -0.3 is 42.9 Å². The summed E-state index contributed by atoms with van der Waals surface area (Å²) in [5.74, 6) is -7.14. The smallest absolute Gasteiger partial charge is 0.326 e. The van der Waals surface area contributed by atoms with E-state index in [1.807, 2.05) is 0 Å². The minimum absolute atomic E-state index is 0.141. The molecule has 4 atom stereocenters. The number of rotatable bonds is 13. The van der Waals surface area contributed by atoms with Gasteiger partial charge in [-0.2, -0.15) is 0 Å². The molecule has 4 unspecified atom stereocenters. The van der Waals surface area contributed by atoms with Gasteiger partial charge in [0.2, 0.25) is 29.5 Å². The Kier molecular flexibility index (Phi) is 10.2. The number of primary amides is 2. The van der Waals surface area contributed by atoms with Crippen molar-refractivity contribution < 1.29 is 43.8 Å². The van der Waals surface area contributed by atoms with Crippen LogP contribution in [0.2, 0.25) is 0 Å². The maximum absolute atomic E-state index is 12.8. The summed E-state index contributed by atoms with van der Waals surface area (Å²) in [4.78, 5) is 83.3. The molecule has 33 heavy (non-hydrogen) atoms. The summed E-state index contributed by atoms with van der Waals surface area (Å²) >= 11 is 0. The number of carbonyl (C=O) groups is 7. The van der Waals surface area contributed by atoms with Crippen LogP contribution in [0.5, 0.6) is 0 Å². The first-order valence-electron chi connectivity index (χ1n) is 10.0. The van der Waals surface area contributed by atoms with Gasteiger partial charge in [-0.25, -0.2) is 4.79 Å². The monoisotopic (exact) mass is 472 g/mol. The summed E-state index contributed by atoms with van der Waals surface area (Å²) in [6.07, 6.45) is -1.33. The molecule has 5 amide bonds. The third kappa shape index (κ3) is 8.72. The van der Waals surface area contributed by atoms with E-state index in [9.17, 15) is 33.6 Å². The van der Waals surface area contributed by atoms with Crippen LogP contribution in [-0.4, -0.2) is 87.3 Å². The molecule has 0 aromatic heterocycles. The number of carbonyl (C=O) groups excluding carboxylic acids is 5. The molecular weight excluding hydrogens is 444 g/mol. The van der Waals surface area contributed by atoms with Crippen LogP contribution >= 0.6 is 0 Å². The number of carboxylic acids is 2. The Hall–Kier alpha value is -3.75. The molecular formula is C18H28N6O9. The number of hydrogen-bond acceptors (Lipinski definition) is 8. The molecule has 0 aliphatic carbocycles. The van der Waals surface area contributed by atoms with Crippen LogP contribution in [0.3, 0.4) is 0 Å². The van der Waals surface area contributed by atoms with Crippen LogP contribution in [0.25, 0.3) is 0 Å². The Bertz CT molecular complexity index is 817. The van der Waals surface area contributed by atoms with Crippen LogP contribution in [0, 0.1) is 0 Å². The second kappa shape index (κ2) is 12.3. The number of nitrogens with two attached hydrogens (primary N) is 3. The number of aliphatic carboxylic acids is 2. The lowest BCUT2D eigenvalue weighted by Crippen LogP contribution is -2.57. The van der Waals surface area contributed by atoms with E-state index in [1.54, 1.807) is 0 Å². The second-order valence-corrected chi connectivity index (χ2v) is 7.53. The van der Waals surface area contributed by atoms with Gasteiger partial charge in [0, 0.05) is 13.0 Å². The highest BCUT2D eigenvalue weighted by Gasteiger charge is 2.38. The van der Waals surface area contributed by atoms with Crippen molar-refractivity contribution in [3.63, 3.8) is 0 Å². The van der Waals surface area contributed by atoms with E-state index >= 15 is 0 Å². The Morgan fingerprint density at radius 3 is 2.09 bits per heavy atom. The topological polar surface area (TPSA) is 265 Å². The van der Waals surface area contributed by atoms with Gasteiger partial charge in [0.15, 0.2) is 0 Å². The highest BCUT2D eigenvalue weighted by molar-refractivity contribution is 5.95. The Labute approximate surface area is 188 Å². The van der Waals surface area contributed by atoms with E-state index in [2.05, 4.69) is 10.6 Å². The molecule has 15 nitrogen and oxygen atoms in total. The number of likely N-dealkylation sites (tertiary alicyclic amines) is 1. The van der Waals surface area contributed by atoms with E-state index < -0.39 is 78.5 Å². The zero-order valence-electron chi connectivity index (χ0n) is 17.7. The SMILES string of the molecule is NC(=O)CCC(NC(=O)C1CCCN1C(=O)C(N)CC(=O)O)C(=O)NC(CC(N)=O)C(=O)O. The summed E-state index contributed by atoms with van der Waals surface area (Å²) in [5, 5.41) is 22.4. The quantitative estimate of drug-likeness (QED) is 0.136. The lowest BCUT2D eigenvalue weighted by Gasteiger charge is -2.28. The minimum atomic E-state index is -1.67. The van der Waals surface area contributed by atoms with Crippen molar-refractivity contribution in [2.24, 2.45) is 17.2 Å². The van der Waals surface area contributed by atoms with Crippen molar-refractivity contribution in [3.8, 4) is 0 Å². The lowest BCUT2D eigenvalue weighted by atomic mass is 10.1. The Balaban J connectivity index is 2.96. The molecule has 184 valence electrons. The van der Waals surface area contributed by atoms with Crippen molar-refractivity contribution >= 4 is 41.5 Å². The van der Waals surface area contributed by atoms with E-state index in [1.165, 1.54) is 0 Å². The van der Waals surface area contributed by atoms with Gasteiger partial charge in [-0.1, -0.05) is 0 Å². The van der Waals surface area contributed by atoms with E-state index in [-0.39, 0.29) is 25.8 Å². The molecule has 1 heterocycles. The van der Waals surface area contributed by atoms with Gasteiger partial charge >= 0.3 is 11.9 Å². The molecule has 0 aromatic rings. The highest BCUT2D eigenvalue weighted by Crippen LogP contribution is 2.19. The fourth-order valence-electron chi connectivity index (χ4n) is 3.29. The van der Waals surface area contributed by atoms with Crippen molar-refractivity contribution in [1.82, 2.24) is 15.5 Å². The van der Waals surface area contributed by atoms with Crippen LogP contribution in [0.1, 0.15) is 38.5 Å². The van der Waals surface area contributed by atoms with E-state index in [4.69, 9.17) is 27.4 Å². The first kappa shape index (κ1) is 27.3. The van der Waals surface area contributed by atoms with Crippen molar-refractivity contribution in [3.05, 3.63) is 0 Å². The van der Waals surface area contributed by atoms with Gasteiger partial charge in [0.05, 0.1) is 18.9 Å². The van der Waals surface area contributed by atoms with Gasteiger partial charge in [0.25, 0.3) is 0 Å². The first-order chi connectivity index (χ1) is 15.3. The number of hydrogen-bond donors (Lipinski definition) is 7. The highest BCUT2D eigenvalue weighted by atomic mass is 16.4. The van der Waals surface area contributed by atoms with Gasteiger partial charge in [-0.05, 0) is 19.3 Å². The Morgan fingerprint density at radius 1 is 0.939 bits per heavy atom. The number of amides is 5. The zero-order valence-corrected chi connectivity index (χ0v) is 17.7. The summed E-state index contributed by atoms with van der Waals surface area (Å²) in [5.41, 5.74) is 15.7. The molecule has 1 fully saturated rings. The normalized spacial score (nSPS) is 18.0. The van der Waals surface area contributed by atoms with Crippen LogP contribution in [0.4, 0.5) is 0 Å².